The molecule has 0 bridgehead atoms. The number of rotatable bonds is 3. The first kappa shape index (κ1) is 18.2. The smallest absolute Gasteiger partial charge is 0.287 e. The van der Waals surface area contributed by atoms with Gasteiger partial charge in [0, 0.05) is 24.8 Å². The van der Waals surface area contributed by atoms with Crippen molar-refractivity contribution in [2.24, 2.45) is 0 Å². The van der Waals surface area contributed by atoms with Crippen LogP contribution in [0.5, 0.6) is 0 Å². The summed E-state index contributed by atoms with van der Waals surface area (Å²) in [6, 6.07) is 9.46. The van der Waals surface area contributed by atoms with E-state index in [0.29, 0.717) is 11.5 Å². The van der Waals surface area contributed by atoms with Gasteiger partial charge in [0.15, 0.2) is 11.5 Å². The second-order valence-corrected chi connectivity index (χ2v) is 7.74. The van der Waals surface area contributed by atoms with Crippen molar-refractivity contribution < 1.29 is 9.59 Å². The van der Waals surface area contributed by atoms with Gasteiger partial charge in [-0.1, -0.05) is 18.2 Å². The highest BCUT2D eigenvalue weighted by Gasteiger charge is 2.30. The Morgan fingerprint density at radius 2 is 1.85 bits per heavy atom. The maximum absolute atomic E-state index is 13.1. The van der Waals surface area contributed by atoms with Gasteiger partial charge in [-0.15, -0.1) is 0 Å². The van der Waals surface area contributed by atoms with E-state index in [4.69, 9.17) is 0 Å². The lowest BCUT2D eigenvalue weighted by molar-refractivity contribution is 0.0903. The minimum Gasteiger partial charge on any atom is -0.345 e. The monoisotopic (exact) mass is 354 g/mol. The van der Waals surface area contributed by atoms with Crippen molar-refractivity contribution in [1.29, 1.82) is 0 Å². The third kappa shape index (κ3) is 3.64. The third-order valence-corrected chi connectivity index (χ3v) is 4.46. The highest BCUT2D eigenvalue weighted by atomic mass is 16.2. The minimum absolute atomic E-state index is 0.184. The zero-order valence-corrected chi connectivity index (χ0v) is 15.9. The van der Waals surface area contributed by atoms with E-state index in [0.717, 1.165) is 37.2 Å². The molecule has 0 aliphatic carbocycles. The van der Waals surface area contributed by atoms with Gasteiger partial charge in [-0.25, -0.2) is 4.98 Å². The van der Waals surface area contributed by atoms with Crippen LogP contribution in [0.2, 0.25) is 0 Å². The first-order valence-corrected chi connectivity index (χ1v) is 9.03. The van der Waals surface area contributed by atoms with Crippen molar-refractivity contribution in [3.63, 3.8) is 0 Å². The van der Waals surface area contributed by atoms with Gasteiger partial charge in [-0.3, -0.25) is 9.59 Å². The van der Waals surface area contributed by atoms with Crippen LogP contribution in [0.25, 0.3) is 0 Å². The summed E-state index contributed by atoms with van der Waals surface area (Å²) in [5, 5.41) is 2.95. The molecule has 0 atom stereocenters. The van der Waals surface area contributed by atoms with Crippen LogP contribution in [-0.4, -0.2) is 34.0 Å². The molecule has 138 valence electrons. The summed E-state index contributed by atoms with van der Waals surface area (Å²) in [6.45, 7) is 6.51. The van der Waals surface area contributed by atoms with Crippen molar-refractivity contribution in [2.75, 3.05) is 11.9 Å². The fourth-order valence-corrected chi connectivity index (χ4v) is 3.21. The molecule has 0 saturated carbocycles. The first-order chi connectivity index (χ1) is 12.3. The normalized spacial score (nSPS) is 13.8. The van der Waals surface area contributed by atoms with Gasteiger partial charge < -0.3 is 14.8 Å². The van der Waals surface area contributed by atoms with E-state index in [1.807, 2.05) is 55.7 Å². The summed E-state index contributed by atoms with van der Waals surface area (Å²) in [4.78, 5) is 31.8. The van der Waals surface area contributed by atoms with Crippen LogP contribution in [-0.2, 0) is 13.0 Å². The Labute approximate surface area is 154 Å². The third-order valence-electron chi connectivity index (χ3n) is 4.46. The number of carbonyl (C=O) groups is 2. The summed E-state index contributed by atoms with van der Waals surface area (Å²) < 4.78 is 1.91. The Morgan fingerprint density at radius 1 is 1.15 bits per heavy atom. The van der Waals surface area contributed by atoms with Crippen LogP contribution in [0.4, 0.5) is 5.69 Å². The average Bonchev–Trinajstić information content (AvgIpc) is 2.99. The molecule has 6 heteroatoms. The number of imidazole rings is 1. The lowest BCUT2D eigenvalue weighted by atomic mass is 10.1. The Hall–Kier alpha value is -2.63. The lowest BCUT2D eigenvalue weighted by Crippen LogP contribution is -2.42. The summed E-state index contributed by atoms with van der Waals surface area (Å²) in [5.41, 5.74) is 1.69. The number of nitrogens with zero attached hydrogens (tertiary/aromatic N) is 3. The maximum atomic E-state index is 13.1. The maximum Gasteiger partial charge on any atom is 0.287 e. The molecule has 1 aliphatic heterocycles. The number of hydrogen-bond donors (Lipinski definition) is 1. The number of fused-ring (bicyclic) bond motifs is 1. The van der Waals surface area contributed by atoms with Crippen molar-refractivity contribution in [2.45, 2.75) is 52.1 Å². The largest absolute Gasteiger partial charge is 0.345 e. The van der Waals surface area contributed by atoms with E-state index in [-0.39, 0.29) is 17.4 Å². The average molecular weight is 354 g/mol. The van der Waals surface area contributed by atoms with Gasteiger partial charge in [-0.2, -0.15) is 0 Å². The zero-order chi connectivity index (χ0) is 18.9. The lowest BCUT2D eigenvalue weighted by Gasteiger charge is -2.22. The molecule has 2 aromatic rings. The molecule has 0 spiro atoms. The molecule has 0 saturated heterocycles. The van der Waals surface area contributed by atoms with E-state index < -0.39 is 0 Å². The summed E-state index contributed by atoms with van der Waals surface area (Å²) in [6.07, 6.45) is 2.75. The van der Waals surface area contributed by atoms with Gasteiger partial charge >= 0.3 is 0 Å². The van der Waals surface area contributed by atoms with Crippen LogP contribution in [0.15, 0.2) is 30.3 Å². The van der Waals surface area contributed by atoms with E-state index in [1.54, 1.807) is 11.9 Å². The number of benzene rings is 1. The van der Waals surface area contributed by atoms with Gasteiger partial charge in [0.25, 0.3) is 11.8 Å². The van der Waals surface area contributed by atoms with E-state index in [1.165, 1.54) is 0 Å². The zero-order valence-electron chi connectivity index (χ0n) is 15.9. The number of para-hydroxylation sites is 1. The fourth-order valence-electron chi connectivity index (χ4n) is 3.21. The van der Waals surface area contributed by atoms with Gasteiger partial charge in [0.2, 0.25) is 0 Å². The Kier molecular flexibility index (Phi) is 4.85. The highest BCUT2D eigenvalue weighted by molar-refractivity contribution is 6.06. The molecule has 6 nitrogen and oxygen atoms in total. The molecular formula is C20H26N4O2. The molecule has 0 fully saturated rings. The Balaban J connectivity index is 1.97. The van der Waals surface area contributed by atoms with Crippen molar-refractivity contribution >= 4 is 17.5 Å². The fraction of sp³-hybridized carbons (Fsp3) is 0.450. The van der Waals surface area contributed by atoms with Crippen molar-refractivity contribution in [1.82, 2.24) is 14.9 Å². The topological polar surface area (TPSA) is 67.2 Å². The predicted octanol–water partition coefficient (Wildman–Crippen LogP) is 3.02. The van der Waals surface area contributed by atoms with Crippen molar-refractivity contribution in [3.05, 3.63) is 47.5 Å². The molecule has 26 heavy (non-hydrogen) atoms. The molecule has 0 unspecified atom stereocenters. The van der Waals surface area contributed by atoms with Crippen molar-refractivity contribution in [3.8, 4) is 0 Å². The molecule has 3 rings (SSSR count). The second-order valence-electron chi connectivity index (χ2n) is 7.74. The number of carbonyl (C=O) groups excluding carboxylic acids is 2. The highest BCUT2D eigenvalue weighted by Crippen LogP contribution is 2.24. The Morgan fingerprint density at radius 3 is 2.50 bits per heavy atom. The van der Waals surface area contributed by atoms with Crippen LogP contribution in [0.1, 0.15) is 60.4 Å². The predicted molar refractivity (Wildman–Crippen MR) is 102 cm³/mol. The standard InChI is InChI=1S/C20H26N4O2/c1-20(2,3)22-18(25)17-21-16(15-12-8-9-13-24(15)17)19(26)23(4)14-10-6-5-7-11-14/h5-7,10-11H,8-9,12-13H2,1-4H3,(H,22,25). The van der Waals surface area contributed by atoms with Gasteiger partial charge in [-0.05, 0) is 52.2 Å². The van der Waals surface area contributed by atoms with Crippen LogP contribution >= 0.6 is 0 Å². The van der Waals surface area contributed by atoms with Crippen LogP contribution in [0, 0.1) is 0 Å². The first-order valence-electron chi connectivity index (χ1n) is 9.03. The SMILES string of the molecule is CN(C(=O)c1nc(C(=O)NC(C)(C)C)n2c1CCCC2)c1ccccc1. The number of aromatic nitrogens is 2. The number of anilines is 1. The van der Waals surface area contributed by atoms with Gasteiger partial charge in [0.1, 0.15) is 0 Å². The molecule has 2 heterocycles. The summed E-state index contributed by atoms with van der Waals surface area (Å²) in [5.74, 6) is -0.0850. The van der Waals surface area contributed by atoms with Crippen LogP contribution in [0.3, 0.4) is 0 Å². The van der Waals surface area contributed by atoms with E-state index in [9.17, 15) is 9.59 Å². The molecule has 1 aliphatic rings. The van der Waals surface area contributed by atoms with E-state index >= 15 is 0 Å². The number of hydrogen-bond acceptors (Lipinski definition) is 3. The number of nitrogens with one attached hydrogen (secondary N) is 1. The summed E-state index contributed by atoms with van der Waals surface area (Å²) >= 11 is 0. The quantitative estimate of drug-likeness (QED) is 0.921. The molecule has 2 amide bonds. The number of amides is 2. The molecule has 1 aromatic heterocycles. The minimum atomic E-state index is -0.358. The molecule has 1 N–H and O–H groups in total. The molecular weight excluding hydrogens is 328 g/mol. The summed E-state index contributed by atoms with van der Waals surface area (Å²) in [7, 11) is 1.74. The molecule has 1 aromatic carbocycles. The van der Waals surface area contributed by atoms with Crippen LogP contribution < -0.4 is 10.2 Å². The van der Waals surface area contributed by atoms with Gasteiger partial charge in [0.05, 0.1) is 5.69 Å². The second kappa shape index (κ2) is 6.94. The Bertz CT molecular complexity index is 818. The van der Waals surface area contributed by atoms with E-state index in [2.05, 4.69) is 10.3 Å². The molecule has 0 radical (unpaired) electrons.